The molecule has 1 saturated heterocycles. The van der Waals surface area contributed by atoms with Crippen molar-refractivity contribution in [3.8, 4) is 0 Å². The first-order chi connectivity index (χ1) is 21.1. The Morgan fingerprint density at radius 2 is 1.57 bits per heavy atom. The largest absolute Gasteiger partial charge is 0.379 e. The van der Waals surface area contributed by atoms with Gasteiger partial charge in [-0.15, -0.1) is 0 Å². The molecule has 1 saturated carbocycles. The van der Waals surface area contributed by atoms with E-state index in [2.05, 4.69) is 16.0 Å². The van der Waals surface area contributed by atoms with E-state index in [0.29, 0.717) is 39.1 Å². The molecular formula is C31H51N4O8P. The summed E-state index contributed by atoms with van der Waals surface area (Å²) in [6, 6.07) is 6.15. The normalized spacial score (nSPS) is 19.1. The van der Waals surface area contributed by atoms with Crippen molar-refractivity contribution in [2.75, 3.05) is 40.5 Å². The minimum Gasteiger partial charge on any atom is -0.379 e. The molecule has 1 aromatic carbocycles. The molecule has 12 nitrogen and oxygen atoms in total. The first-order valence-electron chi connectivity index (χ1n) is 15.7. The maximum Gasteiger partial charge on any atom is 0.360 e. The number of ether oxygens (including phenoxy) is 1. The van der Waals surface area contributed by atoms with Crippen LogP contribution in [0, 0.1) is 11.8 Å². The van der Waals surface area contributed by atoms with Gasteiger partial charge in [-0.1, -0.05) is 76.3 Å². The summed E-state index contributed by atoms with van der Waals surface area (Å²) in [5.41, 5.74) is 0.852. The van der Waals surface area contributed by atoms with E-state index in [0.717, 1.165) is 37.7 Å². The minimum atomic E-state index is -3.93. The number of amides is 4. The zero-order valence-electron chi connectivity index (χ0n) is 26.5. The molecule has 0 spiro atoms. The third-order valence-corrected chi connectivity index (χ3v) is 10.4. The highest BCUT2D eigenvalue weighted by Gasteiger charge is 2.41. The van der Waals surface area contributed by atoms with E-state index in [9.17, 15) is 24.1 Å². The van der Waals surface area contributed by atoms with Crippen LogP contribution in [0.1, 0.15) is 64.4 Å². The van der Waals surface area contributed by atoms with Crippen LogP contribution < -0.4 is 16.0 Å². The Kier molecular flexibility index (Phi) is 14.6. The molecule has 1 aliphatic carbocycles. The maximum atomic E-state index is 13.8. The van der Waals surface area contributed by atoms with E-state index in [1.807, 2.05) is 44.2 Å². The fraction of sp³-hybridized carbons (Fsp3) is 0.710. The van der Waals surface area contributed by atoms with Crippen LogP contribution in [0.4, 0.5) is 4.79 Å². The number of rotatable bonds is 15. The highest BCUT2D eigenvalue weighted by Crippen LogP contribution is 2.52. The van der Waals surface area contributed by atoms with Gasteiger partial charge in [-0.05, 0) is 30.2 Å². The van der Waals surface area contributed by atoms with Gasteiger partial charge in [-0.25, -0.2) is 4.79 Å². The summed E-state index contributed by atoms with van der Waals surface area (Å²) in [5.74, 6) is -2.33. The number of carbonyl (C=O) groups is 3. The molecule has 248 valence electrons. The molecule has 1 aliphatic heterocycles. The Labute approximate surface area is 261 Å². The number of urea groups is 1. The Balaban J connectivity index is 1.80. The van der Waals surface area contributed by atoms with E-state index in [-0.39, 0.29) is 24.3 Å². The minimum absolute atomic E-state index is 0.0346. The second-order valence-corrected chi connectivity index (χ2v) is 14.5. The van der Waals surface area contributed by atoms with Gasteiger partial charge in [-0.2, -0.15) is 0 Å². The maximum absolute atomic E-state index is 13.8. The average molecular weight is 639 g/mol. The summed E-state index contributed by atoms with van der Waals surface area (Å²) in [4.78, 5) is 42.3. The highest BCUT2D eigenvalue weighted by molar-refractivity contribution is 7.54. The van der Waals surface area contributed by atoms with Gasteiger partial charge in [0.2, 0.25) is 11.8 Å². The van der Waals surface area contributed by atoms with Gasteiger partial charge >= 0.3 is 13.6 Å². The quantitative estimate of drug-likeness (QED) is 0.213. The zero-order valence-corrected chi connectivity index (χ0v) is 27.4. The Morgan fingerprint density at radius 1 is 0.955 bits per heavy atom. The van der Waals surface area contributed by atoms with Gasteiger partial charge in [0.1, 0.15) is 12.1 Å². The molecule has 0 bridgehead atoms. The van der Waals surface area contributed by atoms with Crippen LogP contribution in [0.25, 0.3) is 0 Å². The van der Waals surface area contributed by atoms with Crippen molar-refractivity contribution in [3.05, 3.63) is 35.9 Å². The Morgan fingerprint density at radius 3 is 2.16 bits per heavy atom. The molecule has 2 aliphatic rings. The zero-order chi connectivity index (χ0) is 32.1. The molecule has 1 heterocycles. The smallest absolute Gasteiger partial charge is 0.360 e. The number of aliphatic hydroxyl groups is 1. The molecule has 4 amide bonds. The fourth-order valence-corrected chi connectivity index (χ4v) is 7.09. The second-order valence-electron chi connectivity index (χ2n) is 12.2. The van der Waals surface area contributed by atoms with E-state index in [1.54, 1.807) is 4.90 Å². The first kappa shape index (κ1) is 36.0. The lowest BCUT2D eigenvalue weighted by atomic mass is 9.85. The molecule has 2 fully saturated rings. The number of morpholine rings is 1. The number of hydrogen-bond donors (Lipinski definition) is 4. The highest BCUT2D eigenvalue weighted by atomic mass is 31.2. The number of carbonyl (C=O) groups excluding carboxylic acids is 3. The summed E-state index contributed by atoms with van der Waals surface area (Å²) in [7, 11) is -1.53. The molecule has 0 radical (unpaired) electrons. The van der Waals surface area contributed by atoms with Crippen molar-refractivity contribution < 1.29 is 37.8 Å². The van der Waals surface area contributed by atoms with Crippen LogP contribution in [0.3, 0.4) is 0 Å². The van der Waals surface area contributed by atoms with E-state index in [4.69, 9.17) is 13.8 Å². The van der Waals surface area contributed by atoms with Crippen LogP contribution >= 0.6 is 7.60 Å². The molecule has 4 atom stereocenters. The van der Waals surface area contributed by atoms with Gasteiger partial charge < -0.3 is 39.7 Å². The lowest BCUT2D eigenvalue weighted by molar-refractivity contribution is -0.131. The topological polar surface area (TPSA) is 156 Å². The van der Waals surface area contributed by atoms with Crippen LogP contribution in [0.2, 0.25) is 0 Å². The van der Waals surface area contributed by atoms with Crippen molar-refractivity contribution in [1.29, 1.82) is 0 Å². The van der Waals surface area contributed by atoms with Crippen LogP contribution in [0.15, 0.2) is 30.3 Å². The summed E-state index contributed by atoms with van der Waals surface area (Å²) in [5, 5.41) is 19.8. The molecule has 1 aromatic rings. The average Bonchev–Trinajstić information content (AvgIpc) is 3.04. The van der Waals surface area contributed by atoms with Crippen LogP contribution in [-0.2, 0) is 34.4 Å². The van der Waals surface area contributed by atoms with Gasteiger partial charge in [0, 0.05) is 33.7 Å². The molecule has 4 N–H and O–H groups in total. The monoisotopic (exact) mass is 638 g/mol. The molecule has 0 aromatic heterocycles. The van der Waals surface area contributed by atoms with E-state index in [1.165, 1.54) is 14.2 Å². The summed E-state index contributed by atoms with van der Waals surface area (Å²) >= 11 is 0. The molecule has 13 heteroatoms. The predicted octanol–water partition coefficient (Wildman–Crippen LogP) is 3.43. The number of aliphatic hydroxyl groups excluding tert-OH is 1. The summed E-state index contributed by atoms with van der Waals surface area (Å²) in [6.07, 6.45) is 6.08. The third-order valence-electron chi connectivity index (χ3n) is 8.37. The lowest BCUT2D eigenvalue weighted by Crippen LogP contribution is -2.58. The van der Waals surface area contributed by atoms with Gasteiger partial charge in [-0.3, -0.25) is 14.2 Å². The van der Waals surface area contributed by atoms with Crippen molar-refractivity contribution in [2.45, 2.75) is 89.2 Å². The lowest BCUT2D eigenvalue weighted by Gasteiger charge is -2.33. The Bertz CT molecular complexity index is 1090. The number of nitrogens with zero attached hydrogens (tertiary/aromatic N) is 1. The van der Waals surface area contributed by atoms with E-state index >= 15 is 0 Å². The molecular weight excluding hydrogens is 587 g/mol. The number of nitrogens with one attached hydrogen (secondary N) is 3. The standard InChI is InChI=1S/C31H51N4O8P/c1-22(2)19-25(28(36)33-27(21-24-13-9-6-10-14-24)30(38)44(40,41-3)42-4)32-29(37)26(20-23-11-7-5-8-12-23)34-31(39)35-15-17-43-18-16-35/h5,7-8,11-12,22,24-27,30,38H,6,9-10,13-21H2,1-4H3,(H,32,37)(H,33,36)(H,34,39)/t25-,26-,27-,30?/m0/s1. The van der Waals surface area contributed by atoms with Crippen molar-refractivity contribution in [2.24, 2.45) is 11.8 Å². The Hall–Kier alpha value is -2.50. The second kappa shape index (κ2) is 17.8. The first-order valence-corrected chi connectivity index (χ1v) is 17.3. The van der Waals surface area contributed by atoms with Crippen molar-refractivity contribution in [3.63, 3.8) is 0 Å². The van der Waals surface area contributed by atoms with E-state index < -0.39 is 43.4 Å². The van der Waals surface area contributed by atoms with Crippen LogP contribution in [0.5, 0.6) is 0 Å². The molecule has 3 rings (SSSR count). The predicted molar refractivity (Wildman–Crippen MR) is 167 cm³/mol. The summed E-state index contributed by atoms with van der Waals surface area (Å²) in [6.45, 7) is 5.56. The molecule has 1 unspecified atom stereocenters. The van der Waals surface area contributed by atoms with Gasteiger partial charge in [0.25, 0.3) is 0 Å². The van der Waals surface area contributed by atoms with Gasteiger partial charge in [0.15, 0.2) is 5.85 Å². The fourth-order valence-electron chi connectivity index (χ4n) is 5.87. The third kappa shape index (κ3) is 10.8. The SMILES string of the molecule is COP(=O)(OC)C(O)[C@H](CC1CCCCC1)NC(=O)[C@H](CC(C)C)NC(=O)[C@H](Cc1ccccc1)NC(=O)N1CCOCC1. The number of benzene rings is 1. The van der Waals surface area contributed by atoms with Crippen molar-refractivity contribution in [1.82, 2.24) is 20.9 Å². The molecule has 44 heavy (non-hydrogen) atoms. The van der Waals surface area contributed by atoms with Crippen LogP contribution in [-0.4, -0.2) is 92.3 Å². The van der Waals surface area contributed by atoms with Gasteiger partial charge in [0.05, 0.1) is 19.3 Å². The van der Waals surface area contributed by atoms with Crippen molar-refractivity contribution >= 4 is 25.4 Å². The number of hydrogen-bond acceptors (Lipinski definition) is 8. The summed E-state index contributed by atoms with van der Waals surface area (Å²) < 4.78 is 28.7.